The zero-order valence-corrected chi connectivity index (χ0v) is 12.6. The Bertz CT molecular complexity index is 613. The van der Waals surface area contributed by atoms with E-state index in [0.717, 1.165) is 0 Å². The molecule has 1 aromatic carbocycles. The molecule has 0 aliphatic carbocycles. The van der Waals surface area contributed by atoms with Crippen molar-refractivity contribution in [1.82, 2.24) is 9.55 Å². The average Bonchev–Trinajstić information content (AvgIpc) is 3.07. The van der Waals surface area contributed by atoms with Crippen LogP contribution in [-0.2, 0) is 4.79 Å². The third kappa shape index (κ3) is 3.44. The van der Waals surface area contributed by atoms with Crippen LogP contribution in [0.5, 0.6) is 5.75 Å². The van der Waals surface area contributed by atoms with Crippen LogP contribution in [0.1, 0.15) is 13.2 Å². The van der Waals surface area contributed by atoms with Crippen molar-refractivity contribution in [2.24, 2.45) is 5.41 Å². The second-order valence-electron chi connectivity index (χ2n) is 5.13. The molecule has 2 rings (SSSR count). The Morgan fingerprint density at radius 2 is 2.00 bits per heavy atom. The van der Waals surface area contributed by atoms with E-state index in [9.17, 15) is 13.6 Å². The summed E-state index contributed by atoms with van der Waals surface area (Å²) in [5.74, 6) is -0.345. The molecule has 0 N–H and O–H groups in total. The van der Waals surface area contributed by atoms with Crippen LogP contribution in [0, 0.1) is 5.41 Å². The van der Waals surface area contributed by atoms with Gasteiger partial charge in [0.15, 0.2) is 0 Å². The highest BCUT2D eigenvalue weighted by Gasteiger charge is 2.40. The molecule has 4 nitrogen and oxygen atoms in total. The number of carbonyl (C=O) groups is 1. The first-order valence-corrected chi connectivity index (χ1v) is 6.94. The van der Waals surface area contributed by atoms with E-state index in [1.165, 1.54) is 30.2 Å². The number of carbonyl (C=O) groups excluding carboxylic acids is 1. The van der Waals surface area contributed by atoms with Crippen LogP contribution in [0.3, 0.4) is 0 Å². The lowest BCUT2D eigenvalue weighted by atomic mass is 9.87. The summed E-state index contributed by atoms with van der Waals surface area (Å²) in [4.78, 5) is 16.4. The quantitative estimate of drug-likeness (QED) is 0.779. The Kier molecular flexibility index (Phi) is 5.13. The van der Waals surface area contributed by atoms with Crippen LogP contribution in [0.15, 0.2) is 43.0 Å². The second kappa shape index (κ2) is 6.87. The summed E-state index contributed by atoms with van der Waals surface area (Å²) in [6.45, 7) is -1.00. The topological polar surface area (TPSA) is 44.1 Å². The predicted octanol–water partition coefficient (Wildman–Crippen LogP) is 3.63. The minimum atomic E-state index is -1.76. The van der Waals surface area contributed by atoms with E-state index in [1.54, 1.807) is 24.3 Å². The number of nitrogens with zero attached hydrogens (tertiary/aromatic N) is 2. The third-order valence-electron chi connectivity index (χ3n) is 3.27. The van der Waals surface area contributed by atoms with Gasteiger partial charge in [-0.05, 0) is 31.2 Å². The Morgan fingerprint density at radius 3 is 2.50 bits per heavy atom. The molecule has 1 atom stereocenters. The Balaban J connectivity index is 2.31. The molecule has 0 fully saturated rings. The molecule has 0 amide bonds. The van der Waals surface area contributed by atoms with Crippen molar-refractivity contribution >= 4 is 17.4 Å². The number of Topliss-reactive ketones (excluding diaryl/α,β-unsaturated/α-hetero) is 1. The van der Waals surface area contributed by atoms with Gasteiger partial charge in [0.05, 0.1) is 11.7 Å². The van der Waals surface area contributed by atoms with Gasteiger partial charge in [0.1, 0.15) is 19.1 Å². The maximum Gasteiger partial charge on any atom is 0.237 e. The highest BCUT2D eigenvalue weighted by molar-refractivity contribution is 6.30. The largest absolute Gasteiger partial charge is 0.463 e. The summed E-state index contributed by atoms with van der Waals surface area (Å²) in [6.07, 6.45) is 3.10. The van der Waals surface area contributed by atoms with E-state index < -0.39 is 30.8 Å². The number of alkyl halides is 2. The van der Waals surface area contributed by atoms with Crippen molar-refractivity contribution in [3.05, 3.63) is 48.0 Å². The van der Waals surface area contributed by atoms with Crippen LogP contribution >= 0.6 is 11.6 Å². The van der Waals surface area contributed by atoms with E-state index in [4.69, 9.17) is 16.3 Å². The first kappa shape index (κ1) is 16.4. The van der Waals surface area contributed by atoms with Crippen molar-refractivity contribution in [1.29, 1.82) is 0 Å². The second-order valence-corrected chi connectivity index (χ2v) is 5.56. The average molecular weight is 329 g/mol. The number of hydrogen-bond donors (Lipinski definition) is 0. The van der Waals surface area contributed by atoms with Gasteiger partial charge in [-0.1, -0.05) is 11.6 Å². The number of halogens is 3. The lowest BCUT2D eigenvalue weighted by Crippen LogP contribution is -2.40. The SMILES string of the molecule is CC(CF)(CF)C(=O)C(Oc1ccc(Cl)cc1)n1ccnc1. The van der Waals surface area contributed by atoms with Crippen molar-refractivity contribution in [2.45, 2.75) is 13.2 Å². The predicted molar refractivity (Wildman–Crippen MR) is 78.4 cm³/mol. The van der Waals surface area contributed by atoms with Crippen molar-refractivity contribution < 1.29 is 18.3 Å². The van der Waals surface area contributed by atoms with Crippen LogP contribution in [-0.4, -0.2) is 28.7 Å². The van der Waals surface area contributed by atoms with E-state index in [1.807, 2.05) is 0 Å². The van der Waals surface area contributed by atoms with Crippen molar-refractivity contribution in [3.8, 4) is 5.75 Å². The number of aromatic nitrogens is 2. The standard InChI is InChI=1S/C15H15ClF2N2O2/c1-15(8-17,9-18)13(21)14(20-7-6-19-10-20)22-12-4-2-11(16)3-5-12/h2-7,10,14H,8-9H2,1H3. The zero-order valence-electron chi connectivity index (χ0n) is 11.9. The van der Waals surface area contributed by atoms with Crippen LogP contribution < -0.4 is 4.74 Å². The summed E-state index contributed by atoms with van der Waals surface area (Å²) < 4.78 is 33.2. The molecule has 7 heteroatoms. The van der Waals surface area contributed by atoms with Crippen LogP contribution in [0.25, 0.3) is 0 Å². The highest BCUT2D eigenvalue weighted by Crippen LogP contribution is 2.29. The van der Waals surface area contributed by atoms with Crippen LogP contribution in [0.4, 0.5) is 8.78 Å². The molecule has 0 aliphatic heterocycles. The number of hydrogen-bond acceptors (Lipinski definition) is 3. The minimum absolute atomic E-state index is 0.358. The molecule has 1 aromatic heterocycles. The molecule has 22 heavy (non-hydrogen) atoms. The molecule has 1 unspecified atom stereocenters. The molecule has 0 spiro atoms. The number of imidazole rings is 1. The summed E-state index contributed by atoms with van der Waals surface area (Å²) in [5, 5.41) is 0.509. The fourth-order valence-electron chi connectivity index (χ4n) is 1.77. The summed E-state index contributed by atoms with van der Waals surface area (Å²) >= 11 is 5.79. The molecule has 0 aliphatic rings. The molecule has 0 saturated carbocycles. The van der Waals surface area contributed by atoms with Gasteiger partial charge in [0, 0.05) is 17.4 Å². The van der Waals surface area contributed by atoms with Crippen molar-refractivity contribution in [3.63, 3.8) is 0 Å². The van der Waals surface area contributed by atoms with E-state index in [2.05, 4.69) is 4.98 Å². The number of ether oxygens (including phenoxy) is 1. The molecule has 2 aromatic rings. The summed E-state index contributed by atoms with van der Waals surface area (Å²) in [5.41, 5.74) is -1.76. The highest BCUT2D eigenvalue weighted by atomic mass is 35.5. The zero-order chi connectivity index (χ0) is 16.2. The molecule has 0 saturated heterocycles. The molecular formula is C15H15ClF2N2O2. The van der Waals surface area contributed by atoms with Gasteiger partial charge in [-0.2, -0.15) is 0 Å². The number of ketones is 1. The molecule has 1 heterocycles. The van der Waals surface area contributed by atoms with Gasteiger partial charge in [-0.25, -0.2) is 13.8 Å². The summed E-state index contributed by atoms with van der Waals surface area (Å²) in [7, 11) is 0. The lowest BCUT2D eigenvalue weighted by Gasteiger charge is -2.27. The molecule has 118 valence electrons. The van der Waals surface area contributed by atoms with Gasteiger partial charge in [-0.3, -0.25) is 9.36 Å². The van der Waals surface area contributed by atoms with Crippen LogP contribution in [0.2, 0.25) is 5.02 Å². The fraction of sp³-hybridized carbons (Fsp3) is 0.333. The maximum atomic E-state index is 13.1. The van der Waals surface area contributed by atoms with Gasteiger partial charge in [-0.15, -0.1) is 0 Å². The third-order valence-corrected chi connectivity index (χ3v) is 3.52. The first-order valence-electron chi connectivity index (χ1n) is 6.56. The lowest BCUT2D eigenvalue weighted by molar-refractivity contribution is -0.141. The fourth-order valence-corrected chi connectivity index (χ4v) is 1.89. The Labute approximate surface area is 131 Å². The number of benzene rings is 1. The van der Waals surface area contributed by atoms with Gasteiger partial charge in [0.2, 0.25) is 12.0 Å². The van der Waals surface area contributed by atoms with Crippen molar-refractivity contribution in [2.75, 3.05) is 13.3 Å². The molecule has 0 radical (unpaired) electrons. The Morgan fingerprint density at radius 1 is 1.36 bits per heavy atom. The number of rotatable bonds is 7. The summed E-state index contributed by atoms with van der Waals surface area (Å²) in [6, 6.07) is 6.33. The van der Waals surface area contributed by atoms with E-state index >= 15 is 0 Å². The Hall–Kier alpha value is -1.95. The van der Waals surface area contributed by atoms with Gasteiger partial charge < -0.3 is 4.74 Å². The first-order chi connectivity index (χ1) is 10.5. The molecule has 0 bridgehead atoms. The van der Waals surface area contributed by atoms with E-state index in [0.29, 0.717) is 10.8 Å². The molecular weight excluding hydrogens is 314 g/mol. The maximum absolute atomic E-state index is 13.1. The van der Waals surface area contributed by atoms with Gasteiger partial charge >= 0.3 is 0 Å². The minimum Gasteiger partial charge on any atom is -0.463 e. The van der Waals surface area contributed by atoms with Gasteiger partial charge in [0.25, 0.3) is 0 Å². The normalized spacial score (nSPS) is 12.9. The van der Waals surface area contributed by atoms with E-state index in [-0.39, 0.29) is 0 Å². The monoisotopic (exact) mass is 328 g/mol. The smallest absolute Gasteiger partial charge is 0.237 e.